The number of aryl methyl sites for hydroxylation is 2. The minimum Gasteiger partial charge on any atom is -0.612 e. The standard InChI is InChI=1S/C11H14Cl2NO2P/c1-4-9-5-6-14(8(2)7-9)10(17(12)13)11(15)16-3/h5-7H,4H2,1-3H3/b11-10-. The van der Waals surface area contributed by atoms with Crippen LogP contribution < -0.4 is 9.67 Å². The molecule has 0 saturated heterocycles. The smallest absolute Gasteiger partial charge is 0.260 e. The van der Waals surface area contributed by atoms with Crippen molar-refractivity contribution in [1.29, 1.82) is 0 Å². The van der Waals surface area contributed by atoms with Crippen molar-refractivity contribution in [1.82, 2.24) is 0 Å². The number of pyridine rings is 1. The first-order valence-electron chi connectivity index (χ1n) is 5.09. The summed E-state index contributed by atoms with van der Waals surface area (Å²) in [7, 11) is 1.31. The molecular formula is C11H14Cl2NO2P. The Morgan fingerprint density at radius 2 is 2.18 bits per heavy atom. The van der Waals surface area contributed by atoms with E-state index in [0.29, 0.717) is 0 Å². The van der Waals surface area contributed by atoms with Crippen LogP contribution in [0.3, 0.4) is 0 Å². The first kappa shape index (κ1) is 14.6. The van der Waals surface area contributed by atoms with Gasteiger partial charge in [-0.3, -0.25) is 0 Å². The maximum atomic E-state index is 11.6. The summed E-state index contributed by atoms with van der Waals surface area (Å²) in [6.07, 6.45) is 2.73. The maximum Gasteiger partial charge on any atom is 0.260 e. The molecule has 0 saturated carbocycles. The van der Waals surface area contributed by atoms with Crippen molar-refractivity contribution in [3.05, 3.63) is 35.5 Å². The topological polar surface area (TPSA) is 36.2 Å². The molecule has 94 valence electrons. The third-order valence-electron chi connectivity index (χ3n) is 2.38. The molecular weight excluding hydrogens is 280 g/mol. The van der Waals surface area contributed by atoms with E-state index in [1.54, 1.807) is 10.8 Å². The van der Waals surface area contributed by atoms with Gasteiger partial charge in [0.25, 0.3) is 5.44 Å². The van der Waals surface area contributed by atoms with Gasteiger partial charge in [-0.05, 0) is 19.1 Å². The van der Waals surface area contributed by atoms with Crippen LogP contribution in [0.1, 0.15) is 18.2 Å². The van der Waals surface area contributed by atoms with E-state index in [1.807, 2.05) is 19.1 Å². The fourth-order valence-electron chi connectivity index (χ4n) is 1.47. The summed E-state index contributed by atoms with van der Waals surface area (Å²) in [5, 5.41) is 11.6. The van der Waals surface area contributed by atoms with E-state index >= 15 is 0 Å². The number of hydrogen-bond donors (Lipinski definition) is 0. The van der Waals surface area contributed by atoms with Crippen LogP contribution in [0.25, 0.3) is 5.44 Å². The van der Waals surface area contributed by atoms with E-state index in [-0.39, 0.29) is 5.44 Å². The molecule has 0 amide bonds. The van der Waals surface area contributed by atoms with Gasteiger partial charge in [0.2, 0.25) is 0 Å². The molecule has 0 fully saturated rings. The third kappa shape index (κ3) is 3.48. The van der Waals surface area contributed by atoms with Gasteiger partial charge in [-0.15, -0.1) is 0 Å². The second-order valence-electron chi connectivity index (χ2n) is 3.45. The molecule has 0 atom stereocenters. The van der Waals surface area contributed by atoms with Crippen LogP contribution in [0.15, 0.2) is 24.3 Å². The molecule has 0 aliphatic heterocycles. The van der Waals surface area contributed by atoms with Crippen LogP contribution in [-0.2, 0) is 11.2 Å². The molecule has 1 heterocycles. The Bertz CT molecular complexity index is 435. The number of rotatable bonds is 4. The average Bonchev–Trinajstić information content (AvgIpc) is 2.30. The van der Waals surface area contributed by atoms with E-state index in [4.69, 9.17) is 27.2 Å². The number of aromatic nitrogens is 1. The molecule has 0 unspecified atom stereocenters. The molecule has 1 aromatic rings. The van der Waals surface area contributed by atoms with Gasteiger partial charge in [-0.25, -0.2) is 0 Å². The molecule has 3 nitrogen and oxygen atoms in total. The Balaban J connectivity index is 3.30. The van der Waals surface area contributed by atoms with Gasteiger partial charge in [0.1, 0.15) is 5.95 Å². The fourth-order valence-corrected chi connectivity index (χ4v) is 2.99. The highest BCUT2D eigenvalue weighted by Crippen LogP contribution is 2.55. The highest BCUT2D eigenvalue weighted by atomic mass is 35.9. The number of ether oxygens (including phenoxy) is 1. The normalized spacial score (nSPS) is 12.6. The molecule has 0 aromatic carbocycles. The summed E-state index contributed by atoms with van der Waals surface area (Å²) in [5.74, 6) is -0.501. The highest BCUT2D eigenvalue weighted by Gasteiger charge is 2.23. The van der Waals surface area contributed by atoms with Crippen molar-refractivity contribution in [2.45, 2.75) is 20.3 Å². The zero-order chi connectivity index (χ0) is 13.0. The SMILES string of the molecule is CCc1cc[n+](/C(=C(\[O-])OC)P(Cl)Cl)c(C)c1. The van der Waals surface area contributed by atoms with Crippen molar-refractivity contribution in [3.63, 3.8) is 0 Å². The number of halogens is 2. The van der Waals surface area contributed by atoms with E-state index in [0.717, 1.165) is 12.1 Å². The van der Waals surface area contributed by atoms with E-state index in [2.05, 4.69) is 6.92 Å². The Morgan fingerprint density at radius 1 is 1.53 bits per heavy atom. The molecule has 0 N–H and O–H groups in total. The molecule has 1 rings (SSSR count). The Labute approximate surface area is 112 Å². The summed E-state index contributed by atoms with van der Waals surface area (Å²) in [6, 6.07) is 3.93. The molecule has 0 radical (unpaired) electrons. The van der Waals surface area contributed by atoms with E-state index in [9.17, 15) is 5.11 Å². The zero-order valence-corrected chi connectivity index (χ0v) is 12.3. The number of methoxy groups -OCH3 is 1. The number of nitrogens with zero attached hydrogens (tertiary/aromatic N) is 1. The lowest BCUT2D eigenvalue weighted by atomic mass is 10.2. The summed E-state index contributed by atoms with van der Waals surface area (Å²) >= 11 is 11.7. The van der Waals surface area contributed by atoms with Gasteiger partial charge in [-0.1, -0.05) is 29.4 Å². The van der Waals surface area contributed by atoms with Gasteiger partial charge in [0.15, 0.2) is 18.5 Å². The van der Waals surface area contributed by atoms with Crippen molar-refractivity contribution in [3.8, 4) is 0 Å². The Kier molecular flexibility index (Phi) is 5.51. The van der Waals surface area contributed by atoms with Crippen molar-refractivity contribution in [2.24, 2.45) is 0 Å². The van der Waals surface area contributed by atoms with Crippen LogP contribution in [0, 0.1) is 6.92 Å². The van der Waals surface area contributed by atoms with Crippen molar-refractivity contribution in [2.75, 3.05) is 7.11 Å². The monoisotopic (exact) mass is 293 g/mol. The zero-order valence-electron chi connectivity index (χ0n) is 9.91. The van der Waals surface area contributed by atoms with Crippen LogP contribution in [0.4, 0.5) is 0 Å². The largest absolute Gasteiger partial charge is 0.612 e. The minimum atomic E-state index is -1.57. The van der Waals surface area contributed by atoms with Crippen molar-refractivity contribution < 1.29 is 14.4 Å². The van der Waals surface area contributed by atoms with Crippen LogP contribution in [0.2, 0.25) is 0 Å². The minimum absolute atomic E-state index is 0.269. The lowest BCUT2D eigenvalue weighted by Gasteiger charge is -2.13. The summed E-state index contributed by atoms with van der Waals surface area (Å²) in [4.78, 5) is 0. The quantitative estimate of drug-likeness (QED) is 0.486. The third-order valence-corrected chi connectivity index (χ3v) is 4.06. The molecule has 0 aliphatic carbocycles. The van der Waals surface area contributed by atoms with Gasteiger partial charge in [0, 0.05) is 19.1 Å². The van der Waals surface area contributed by atoms with E-state index in [1.165, 1.54) is 12.7 Å². The average molecular weight is 294 g/mol. The first-order valence-corrected chi connectivity index (χ1v) is 8.25. The van der Waals surface area contributed by atoms with Crippen LogP contribution in [-0.4, -0.2) is 7.11 Å². The summed E-state index contributed by atoms with van der Waals surface area (Å²) in [6.45, 7) is 2.40. The predicted octanol–water partition coefficient (Wildman–Crippen LogP) is 2.72. The summed E-state index contributed by atoms with van der Waals surface area (Å²) in [5.41, 5.74) is 2.36. The fraction of sp³-hybridized carbons (Fsp3) is 0.364. The van der Waals surface area contributed by atoms with Gasteiger partial charge in [0.05, 0.1) is 0 Å². The van der Waals surface area contributed by atoms with E-state index < -0.39 is 12.6 Å². The molecule has 0 spiro atoms. The first-order chi connectivity index (χ1) is 8.01. The molecule has 6 heteroatoms. The lowest BCUT2D eigenvalue weighted by Crippen LogP contribution is -2.37. The highest BCUT2D eigenvalue weighted by molar-refractivity contribution is 8.10. The molecule has 1 aromatic heterocycles. The maximum absolute atomic E-state index is 11.6. The molecule has 0 bridgehead atoms. The second kappa shape index (κ2) is 6.44. The molecule has 0 aliphatic rings. The van der Waals surface area contributed by atoms with Gasteiger partial charge < -0.3 is 9.84 Å². The second-order valence-corrected chi connectivity index (χ2v) is 6.88. The Hall–Kier alpha value is -0.500. The van der Waals surface area contributed by atoms with Crippen LogP contribution in [0.5, 0.6) is 0 Å². The number of hydrogen-bond acceptors (Lipinski definition) is 2. The lowest BCUT2D eigenvalue weighted by molar-refractivity contribution is -0.588. The van der Waals surface area contributed by atoms with Gasteiger partial charge >= 0.3 is 0 Å². The summed E-state index contributed by atoms with van der Waals surface area (Å²) < 4.78 is 6.37. The Morgan fingerprint density at radius 3 is 2.59 bits per heavy atom. The van der Waals surface area contributed by atoms with Gasteiger partial charge in [-0.2, -0.15) is 4.57 Å². The van der Waals surface area contributed by atoms with Crippen LogP contribution >= 0.6 is 29.1 Å². The van der Waals surface area contributed by atoms with Crippen molar-refractivity contribution >= 4 is 34.5 Å². The predicted molar refractivity (Wildman–Crippen MR) is 69.6 cm³/mol. The molecule has 17 heavy (non-hydrogen) atoms.